The van der Waals surface area contributed by atoms with Gasteiger partial charge < -0.3 is 5.32 Å². The van der Waals surface area contributed by atoms with Crippen molar-refractivity contribution < 1.29 is 13.2 Å². The Morgan fingerprint density at radius 3 is 2.12 bits per heavy atom. The van der Waals surface area contributed by atoms with E-state index in [2.05, 4.69) is 5.32 Å². The van der Waals surface area contributed by atoms with Crippen molar-refractivity contribution in [3.05, 3.63) is 35.4 Å². The van der Waals surface area contributed by atoms with Crippen LogP contribution in [0.15, 0.2) is 24.3 Å². The molecule has 1 nitrogen and oxygen atoms in total. The van der Waals surface area contributed by atoms with Gasteiger partial charge in [0.2, 0.25) is 0 Å². The third-order valence-corrected chi connectivity index (χ3v) is 3.53. The number of alkyl halides is 3. The number of rotatable bonds is 3. The van der Waals surface area contributed by atoms with E-state index in [4.69, 9.17) is 0 Å². The Labute approximate surface area is 99.0 Å². The molecule has 0 aromatic heterocycles. The summed E-state index contributed by atoms with van der Waals surface area (Å²) in [5.41, 5.74) is 0.370. The molecule has 0 radical (unpaired) electrons. The zero-order valence-electron chi connectivity index (χ0n) is 9.72. The van der Waals surface area contributed by atoms with E-state index < -0.39 is 11.7 Å². The van der Waals surface area contributed by atoms with Crippen molar-refractivity contribution in [2.45, 2.75) is 31.5 Å². The van der Waals surface area contributed by atoms with Crippen molar-refractivity contribution in [3.63, 3.8) is 0 Å². The van der Waals surface area contributed by atoms with Crippen molar-refractivity contribution in [3.8, 4) is 0 Å². The van der Waals surface area contributed by atoms with Crippen molar-refractivity contribution in [2.24, 2.45) is 5.92 Å². The lowest BCUT2D eigenvalue weighted by molar-refractivity contribution is -0.137. The summed E-state index contributed by atoms with van der Waals surface area (Å²) in [5, 5.41) is 3.20. The smallest absolute Gasteiger partial charge is 0.313 e. The minimum atomic E-state index is -4.25. The number of nitrogens with one attached hydrogen (secondary N) is 1. The van der Waals surface area contributed by atoms with Crippen LogP contribution >= 0.6 is 0 Å². The number of hydrogen-bond acceptors (Lipinski definition) is 1. The molecule has 1 saturated carbocycles. The molecular weight excluding hydrogens is 227 g/mol. The van der Waals surface area contributed by atoms with Gasteiger partial charge in [-0.3, -0.25) is 0 Å². The average Bonchev–Trinajstić information content (AvgIpc) is 2.22. The Bertz CT molecular complexity index is 365. The van der Waals surface area contributed by atoms with E-state index in [0.717, 1.165) is 18.4 Å². The van der Waals surface area contributed by atoms with Gasteiger partial charge in [-0.05, 0) is 43.5 Å². The molecule has 0 aliphatic heterocycles. The molecule has 1 unspecified atom stereocenters. The van der Waals surface area contributed by atoms with Crippen LogP contribution in [0.5, 0.6) is 0 Å². The fraction of sp³-hybridized carbons (Fsp3) is 0.538. The fourth-order valence-corrected chi connectivity index (χ4v) is 2.33. The van der Waals surface area contributed by atoms with Crippen LogP contribution < -0.4 is 5.32 Å². The zero-order chi connectivity index (χ0) is 12.5. The molecule has 4 heteroatoms. The highest BCUT2D eigenvalue weighted by Crippen LogP contribution is 2.38. The monoisotopic (exact) mass is 243 g/mol. The Kier molecular flexibility index (Phi) is 3.43. The SMILES string of the molecule is CNC(c1ccc(C(F)(F)F)cc1)C1CCC1. The molecule has 17 heavy (non-hydrogen) atoms. The quantitative estimate of drug-likeness (QED) is 0.852. The molecular formula is C13H16F3N. The molecule has 1 N–H and O–H groups in total. The molecule has 1 aliphatic rings. The number of halogens is 3. The molecule has 94 valence electrons. The maximum atomic E-state index is 12.4. The zero-order valence-corrected chi connectivity index (χ0v) is 9.72. The van der Waals surface area contributed by atoms with Gasteiger partial charge in [-0.25, -0.2) is 0 Å². The lowest BCUT2D eigenvalue weighted by atomic mass is 9.77. The van der Waals surface area contributed by atoms with Gasteiger partial charge in [0.05, 0.1) is 5.56 Å². The van der Waals surface area contributed by atoms with Crippen LogP contribution in [0, 0.1) is 5.92 Å². The first-order valence-electron chi connectivity index (χ1n) is 5.87. The third kappa shape index (κ3) is 2.63. The van der Waals surface area contributed by atoms with Gasteiger partial charge >= 0.3 is 6.18 Å². The second-order valence-corrected chi connectivity index (χ2v) is 4.58. The van der Waals surface area contributed by atoms with Crippen LogP contribution in [0.3, 0.4) is 0 Å². The topological polar surface area (TPSA) is 12.0 Å². The standard InChI is InChI=1S/C13H16F3N/c1-17-12(9-3-2-4-9)10-5-7-11(8-6-10)13(14,15)16/h5-9,12,17H,2-4H2,1H3. The van der Waals surface area contributed by atoms with Gasteiger partial charge in [0.25, 0.3) is 0 Å². The highest BCUT2D eigenvalue weighted by molar-refractivity contribution is 5.27. The predicted octanol–water partition coefficient (Wildman–Crippen LogP) is 3.77. The van der Waals surface area contributed by atoms with Crippen molar-refractivity contribution >= 4 is 0 Å². The third-order valence-electron chi connectivity index (χ3n) is 3.53. The fourth-order valence-electron chi connectivity index (χ4n) is 2.33. The Morgan fingerprint density at radius 1 is 1.18 bits per heavy atom. The first kappa shape index (κ1) is 12.4. The number of hydrogen-bond donors (Lipinski definition) is 1. The molecule has 1 aromatic rings. The summed E-state index contributed by atoms with van der Waals surface area (Å²) in [7, 11) is 1.86. The summed E-state index contributed by atoms with van der Waals surface area (Å²) in [5.74, 6) is 0.566. The summed E-state index contributed by atoms with van der Waals surface area (Å²) in [4.78, 5) is 0. The van der Waals surface area contributed by atoms with Crippen molar-refractivity contribution in [2.75, 3.05) is 7.05 Å². The summed E-state index contributed by atoms with van der Waals surface area (Å²) in [6.45, 7) is 0. The van der Waals surface area contributed by atoms with Crippen LogP contribution in [0.4, 0.5) is 13.2 Å². The largest absolute Gasteiger partial charge is 0.416 e. The van der Waals surface area contributed by atoms with E-state index in [1.165, 1.54) is 18.6 Å². The molecule has 0 saturated heterocycles. The van der Waals surface area contributed by atoms with E-state index in [0.29, 0.717) is 5.92 Å². The second-order valence-electron chi connectivity index (χ2n) is 4.58. The van der Waals surface area contributed by atoms with Gasteiger partial charge in [-0.1, -0.05) is 18.6 Å². The minimum Gasteiger partial charge on any atom is -0.313 e. The highest BCUT2D eigenvalue weighted by atomic mass is 19.4. The van der Waals surface area contributed by atoms with Gasteiger partial charge in [-0.2, -0.15) is 13.2 Å². The summed E-state index contributed by atoms with van der Waals surface area (Å²) >= 11 is 0. The van der Waals surface area contributed by atoms with Crippen LogP contribution in [0.1, 0.15) is 36.4 Å². The first-order chi connectivity index (χ1) is 8.02. The molecule has 1 fully saturated rings. The molecule has 0 spiro atoms. The normalized spacial score (nSPS) is 18.8. The van der Waals surface area contributed by atoms with E-state index in [1.54, 1.807) is 12.1 Å². The van der Waals surface area contributed by atoms with E-state index in [9.17, 15) is 13.2 Å². The Morgan fingerprint density at radius 2 is 1.76 bits per heavy atom. The van der Waals surface area contributed by atoms with E-state index in [-0.39, 0.29) is 6.04 Å². The van der Waals surface area contributed by atoms with Crippen LogP contribution in [-0.2, 0) is 6.18 Å². The van der Waals surface area contributed by atoms with Gasteiger partial charge in [0, 0.05) is 6.04 Å². The maximum Gasteiger partial charge on any atom is 0.416 e. The summed E-state index contributed by atoms with van der Waals surface area (Å²) in [6.07, 6.45) is -0.702. The lowest BCUT2D eigenvalue weighted by Gasteiger charge is -2.34. The molecule has 1 aromatic carbocycles. The van der Waals surface area contributed by atoms with Crippen LogP contribution in [0.2, 0.25) is 0 Å². The van der Waals surface area contributed by atoms with Gasteiger partial charge in [-0.15, -0.1) is 0 Å². The first-order valence-corrected chi connectivity index (χ1v) is 5.87. The number of benzene rings is 1. The Balaban J connectivity index is 2.16. The second kappa shape index (κ2) is 4.69. The molecule has 0 bridgehead atoms. The molecule has 1 atom stereocenters. The summed E-state index contributed by atoms with van der Waals surface area (Å²) in [6, 6.07) is 5.69. The van der Waals surface area contributed by atoms with Gasteiger partial charge in [0.1, 0.15) is 0 Å². The van der Waals surface area contributed by atoms with Crippen LogP contribution in [0.25, 0.3) is 0 Å². The van der Waals surface area contributed by atoms with Crippen molar-refractivity contribution in [1.82, 2.24) is 5.32 Å². The molecule has 2 rings (SSSR count). The average molecular weight is 243 g/mol. The predicted molar refractivity (Wildman–Crippen MR) is 60.6 cm³/mol. The van der Waals surface area contributed by atoms with E-state index >= 15 is 0 Å². The molecule has 1 aliphatic carbocycles. The van der Waals surface area contributed by atoms with Crippen LogP contribution in [-0.4, -0.2) is 7.05 Å². The molecule has 0 heterocycles. The molecule has 0 amide bonds. The lowest BCUT2D eigenvalue weighted by Crippen LogP contribution is -2.29. The summed E-state index contributed by atoms with van der Waals surface area (Å²) < 4.78 is 37.3. The van der Waals surface area contributed by atoms with E-state index in [1.807, 2.05) is 7.05 Å². The Hall–Kier alpha value is -1.03. The van der Waals surface area contributed by atoms with Crippen molar-refractivity contribution in [1.29, 1.82) is 0 Å². The maximum absolute atomic E-state index is 12.4. The van der Waals surface area contributed by atoms with Gasteiger partial charge in [0.15, 0.2) is 0 Å². The minimum absolute atomic E-state index is 0.186. The highest BCUT2D eigenvalue weighted by Gasteiger charge is 2.31.